The highest BCUT2D eigenvalue weighted by molar-refractivity contribution is 6.31. The molecule has 0 N–H and O–H groups in total. The third kappa shape index (κ3) is 6.50. The van der Waals surface area contributed by atoms with Crippen LogP contribution < -0.4 is 5.56 Å². The molecule has 1 aliphatic heterocycles. The zero-order valence-electron chi connectivity index (χ0n) is 23.7. The highest BCUT2D eigenvalue weighted by atomic mass is 35.5. The highest BCUT2D eigenvalue weighted by Crippen LogP contribution is 2.35. The predicted molar refractivity (Wildman–Crippen MR) is 165 cm³/mol. The monoisotopic (exact) mass is 623 g/mol. The van der Waals surface area contributed by atoms with Crippen molar-refractivity contribution >= 4 is 40.3 Å². The highest BCUT2D eigenvalue weighted by Gasteiger charge is 2.51. The van der Waals surface area contributed by atoms with Crippen LogP contribution in [0.2, 0.25) is 5.02 Å². The van der Waals surface area contributed by atoms with Crippen molar-refractivity contribution in [1.82, 2.24) is 4.57 Å². The lowest BCUT2D eigenvalue weighted by atomic mass is 10.1. The van der Waals surface area contributed by atoms with Crippen LogP contribution >= 0.6 is 11.6 Å². The first kappa shape index (κ1) is 29.8. The van der Waals surface area contributed by atoms with Crippen molar-refractivity contribution < 1.29 is 33.3 Å². The van der Waals surface area contributed by atoms with Crippen molar-refractivity contribution in [1.29, 1.82) is 0 Å². The van der Waals surface area contributed by atoms with Gasteiger partial charge in [0.1, 0.15) is 12.7 Å². The fourth-order valence-electron chi connectivity index (χ4n) is 5.11. The van der Waals surface area contributed by atoms with Crippen molar-refractivity contribution in [2.45, 2.75) is 24.5 Å². The molecular weight excluding hydrogens is 598 g/mol. The number of halogens is 1. The van der Waals surface area contributed by atoms with E-state index in [4.69, 9.17) is 30.5 Å². The maximum Gasteiger partial charge on any atom is 0.338 e. The molecule has 10 heteroatoms. The molecule has 0 amide bonds. The van der Waals surface area contributed by atoms with Crippen LogP contribution in [-0.2, 0) is 18.9 Å². The Kier molecular flexibility index (Phi) is 8.72. The number of rotatable bonds is 8. The largest absolute Gasteiger partial charge is 0.459 e. The Labute approximate surface area is 262 Å². The topological polar surface area (TPSA) is 110 Å². The van der Waals surface area contributed by atoms with Crippen molar-refractivity contribution in [2.24, 2.45) is 0 Å². The van der Waals surface area contributed by atoms with Gasteiger partial charge in [-0.2, -0.15) is 0 Å². The first-order chi connectivity index (χ1) is 21.9. The van der Waals surface area contributed by atoms with Crippen LogP contribution in [0.5, 0.6) is 0 Å². The fraction of sp³-hybridized carbons (Fsp3) is 0.143. The minimum Gasteiger partial charge on any atom is -0.459 e. The molecule has 0 radical (unpaired) electrons. The summed E-state index contributed by atoms with van der Waals surface area (Å²) in [5, 5.41) is 1.30. The van der Waals surface area contributed by atoms with E-state index in [0.717, 1.165) is 0 Å². The minimum absolute atomic E-state index is 0.237. The second-order valence-corrected chi connectivity index (χ2v) is 10.7. The predicted octanol–water partition coefficient (Wildman–Crippen LogP) is 5.86. The Hall–Kier alpha value is -5.25. The van der Waals surface area contributed by atoms with E-state index in [2.05, 4.69) is 0 Å². The van der Waals surface area contributed by atoms with Crippen LogP contribution in [0, 0.1) is 0 Å². The normalized spacial score (nSPS) is 19.1. The number of hydrogen-bond donors (Lipinski definition) is 0. The van der Waals surface area contributed by atoms with Gasteiger partial charge in [-0.15, -0.1) is 0 Å². The van der Waals surface area contributed by atoms with Crippen LogP contribution in [-0.4, -0.2) is 47.4 Å². The molecule has 0 spiro atoms. The van der Waals surface area contributed by atoms with Gasteiger partial charge in [-0.25, -0.2) is 14.4 Å². The number of aromatic nitrogens is 1. The summed E-state index contributed by atoms with van der Waals surface area (Å²) in [5.41, 5.74) is 0.308. The Morgan fingerprint density at radius 2 is 1.22 bits per heavy atom. The maximum absolute atomic E-state index is 13.8. The lowest BCUT2D eigenvalue weighted by Gasteiger charge is -2.25. The third-order valence-corrected chi connectivity index (χ3v) is 7.58. The van der Waals surface area contributed by atoms with Gasteiger partial charge < -0.3 is 18.9 Å². The van der Waals surface area contributed by atoms with Crippen LogP contribution in [0.3, 0.4) is 0 Å². The van der Waals surface area contributed by atoms with E-state index in [9.17, 15) is 19.2 Å². The Morgan fingerprint density at radius 1 is 0.689 bits per heavy atom. The zero-order valence-corrected chi connectivity index (χ0v) is 24.4. The summed E-state index contributed by atoms with van der Waals surface area (Å²) >= 11 is 6.20. The number of esters is 3. The molecule has 0 bridgehead atoms. The van der Waals surface area contributed by atoms with Gasteiger partial charge in [0.25, 0.3) is 5.56 Å². The number of benzene rings is 4. The molecule has 4 aromatic carbocycles. The molecular formula is C35H26ClNO8. The van der Waals surface area contributed by atoms with Gasteiger partial charge in [-0.1, -0.05) is 72.3 Å². The summed E-state index contributed by atoms with van der Waals surface area (Å²) in [5.74, 6) is -2.08. The smallest absolute Gasteiger partial charge is 0.338 e. The SMILES string of the molecule is O=C(OC[C@H]1O[C@@H](n2ccc3ccc(Cl)cc3c2=O)[C@H](OC(=O)c2ccccc2)[C@H]1OC(=O)c1ccccc1)c1ccccc1. The lowest BCUT2D eigenvalue weighted by molar-refractivity contribution is -0.0632. The van der Waals surface area contributed by atoms with E-state index in [-0.39, 0.29) is 17.7 Å². The molecule has 5 aromatic rings. The van der Waals surface area contributed by atoms with Crippen LogP contribution in [0.4, 0.5) is 0 Å². The molecule has 1 aromatic heterocycles. The van der Waals surface area contributed by atoms with E-state index in [0.29, 0.717) is 21.4 Å². The minimum atomic E-state index is -1.32. The Morgan fingerprint density at radius 3 is 1.80 bits per heavy atom. The first-order valence-electron chi connectivity index (χ1n) is 14.1. The molecule has 1 aliphatic rings. The van der Waals surface area contributed by atoms with Crippen molar-refractivity contribution in [2.75, 3.05) is 6.61 Å². The van der Waals surface area contributed by atoms with Gasteiger partial charge in [0, 0.05) is 16.6 Å². The average Bonchev–Trinajstić information content (AvgIpc) is 3.40. The molecule has 45 heavy (non-hydrogen) atoms. The molecule has 9 nitrogen and oxygen atoms in total. The molecule has 1 saturated heterocycles. The quantitative estimate of drug-likeness (QED) is 0.156. The number of ether oxygens (including phenoxy) is 4. The van der Waals surface area contributed by atoms with Gasteiger partial charge in [0.05, 0.1) is 16.7 Å². The van der Waals surface area contributed by atoms with Crippen molar-refractivity contribution in [3.05, 3.63) is 154 Å². The lowest BCUT2D eigenvalue weighted by Crippen LogP contribution is -2.42. The standard InChI is InChI=1S/C35H26ClNO8/c36-26-17-16-22-18-19-37(31(38)27(22)20-26)32-30(45-35(41)25-14-8-3-9-15-25)29(44-34(40)24-12-6-2-7-13-24)28(43-32)21-42-33(39)23-10-4-1-5-11-23/h1-20,28-30,32H,21H2/t28-,29+,30-,32-/m1/s1. The number of hydrogen-bond acceptors (Lipinski definition) is 8. The van der Waals surface area contributed by atoms with Gasteiger partial charge in [0.15, 0.2) is 18.4 Å². The van der Waals surface area contributed by atoms with E-state index in [1.807, 2.05) is 0 Å². The molecule has 6 rings (SSSR count). The summed E-state index contributed by atoms with van der Waals surface area (Å²) < 4.78 is 25.0. The summed E-state index contributed by atoms with van der Waals surface area (Å²) in [6.45, 7) is -0.371. The number of carbonyl (C=O) groups is 3. The molecule has 4 atom stereocenters. The number of nitrogens with zero attached hydrogens (tertiary/aromatic N) is 1. The number of fused-ring (bicyclic) bond motifs is 1. The molecule has 0 unspecified atom stereocenters. The van der Waals surface area contributed by atoms with Gasteiger partial charge in [0.2, 0.25) is 0 Å². The van der Waals surface area contributed by atoms with E-state index in [1.165, 1.54) is 16.8 Å². The summed E-state index contributed by atoms with van der Waals surface area (Å²) in [7, 11) is 0. The van der Waals surface area contributed by atoms with E-state index >= 15 is 0 Å². The van der Waals surface area contributed by atoms with Gasteiger partial charge in [-0.3, -0.25) is 9.36 Å². The Balaban J connectivity index is 1.40. The second-order valence-electron chi connectivity index (χ2n) is 10.3. The average molecular weight is 624 g/mol. The van der Waals surface area contributed by atoms with E-state index < -0.39 is 48.0 Å². The molecule has 226 valence electrons. The van der Waals surface area contributed by atoms with E-state index in [1.54, 1.807) is 109 Å². The summed E-state index contributed by atoms with van der Waals surface area (Å²) in [4.78, 5) is 53.3. The second kappa shape index (κ2) is 13.2. The van der Waals surface area contributed by atoms with Crippen molar-refractivity contribution in [3.63, 3.8) is 0 Å². The number of carbonyl (C=O) groups excluding carboxylic acids is 3. The molecule has 1 fully saturated rings. The fourth-order valence-corrected chi connectivity index (χ4v) is 5.28. The van der Waals surface area contributed by atoms with Gasteiger partial charge in [-0.05, 0) is 60.0 Å². The third-order valence-electron chi connectivity index (χ3n) is 7.35. The molecule has 2 heterocycles. The van der Waals surface area contributed by atoms with Crippen LogP contribution in [0.1, 0.15) is 37.3 Å². The number of pyridine rings is 1. The summed E-state index contributed by atoms with van der Waals surface area (Å²) in [6.07, 6.45) is -3.48. The molecule has 0 saturated carbocycles. The Bertz CT molecular complexity index is 1900. The van der Waals surface area contributed by atoms with Gasteiger partial charge >= 0.3 is 17.9 Å². The maximum atomic E-state index is 13.8. The zero-order chi connectivity index (χ0) is 31.3. The van der Waals surface area contributed by atoms with Crippen LogP contribution in [0.15, 0.2) is 126 Å². The van der Waals surface area contributed by atoms with Crippen molar-refractivity contribution in [3.8, 4) is 0 Å². The molecule has 0 aliphatic carbocycles. The van der Waals surface area contributed by atoms with Crippen LogP contribution in [0.25, 0.3) is 10.8 Å². The first-order valence-corrected chi connectivity index (χ1v) is 14.5. The summed E-state index contributed by atoms with van der Waals surface area (Å²) in [6, 6.07) is 31.4.